The van der Waals surface area contributed by atoms with Gasteiger partial charge in [0.15, 0.2) is 0 Å². The maximum Gasteiger partial charge on any atom is 0.446 e. The Morgan fingerprint density at radius 2 is 2.00 bits per heavy atom. The smallest absolute Gasteiger partial charge is 0.446 e. The summed E-state index contributed by atoms with van der Waals surface area (Å²) in [7, 11) is 0. The van der Waals surface area contributed by atoms with E-state index in [2.05, 4.69) is 15.9 Å². The van der Waals surface area contributed by atoms with Crippen LogP contribution in [0.25, 0.3) is 6.08 Å². The Hall–Kier alpha value is -1.28. The van der Waals surface area contributed by atoms with E-state index in [0.717, 1.165) is 12.2 Å². The van der Waals surface area contributed by atoms with Crippen LogP contribution in [0.4, 0.5) is 13.2 Å². The van der Waals surface area contributed by atoms with Crippen molar-refractivity contribution in [1.82, 2.24) is 0 Å². The molecule has 1 atom stereocenters. The Labute approximate surface area is 131 Å². The van der Waals surface area contributed by atoms with Crippen LogP contribution >= 0.6 is 27.7 Å². The van der Waals surface area contributed by atoms with Crippen molar-refractivity contribution in [2.45, 2.75) is 22.2 Å². The van der Waals surface area contributed by atoms with Gasteiger partial charge in [-0.2, -0.15) is 13.2 Å². The Kier molecular flexibility index (Phi) is 6.03. The normalized spacial score (nSPS) is 13.4. The highest BCUT2D eigenvalue weighted by atomic mass is 79.9. The molecule has 21 heavy (non-hydrogen) atoms. The summed E-state index contributed by atoms with van der Waals surface area (Å²) in [6, 6.07) is 4.06. The van der Waals surface area contributed by atoms with E-state index in [9.17, 15) is 22.8 Å². The number of hydrogen-bond acceptors (Lipinski definition) is 3. The summed E-state index contributed by atoms with van der Waals surface area (Å²) in [4.78, 5) is 20.9. The predicted octanol–water partition coefficient (Wildman–Crippen LogP) is 4.42. The van der Waals surface area contributed by atoms with Crippen LogP contribution in [-0.2, 0) is 9.59 Å². The molecule has 0 amide bonds. The summed E-state index contributed by atoms with van der Waals surface area (Å²) in [5.74, 6) is -1.61. The molecule has 0 bridgehead atoms. The van der Waals surface area contributed by atoms with E-state index in [0.29, 0.717) is 0 Å². The lowest BCUT2D eigenvalue weighted by atomic mass is 10.0. The summed E-state index contributed by atoms with van der Waals surface area (Å²) >= 11 is 2.71. The SMILES string of the molecule is CC(=O)C(Br)c1c(C=CC(=O)O)cccc1SC(F)(F)F. The molecule has 0 aliphatic rings. The van der Waals surface area contributed by atoms with Crippen molar-refractivity contribution in [1.29, 1.82) is 0 Å². The molecule has 0 aromatic heterocycles. The highest BCUT2D eigenvalue weighted by Gasteiger charge is 2.32. The van der Waals surface area contributed by atoms with Gasteiger partial charge < -0.3 is 5.11 Å². The fraction of sp³-hybridized carbons (Fsp3) is 0.231. The second kappa shape index (κ2) is 7.13. The number of alkyl halides is 4. The molecule has 1 rings (SSSR count). The fourth-order valence-corrected chi connectivity index (χ4v) is 2.96. The minimum absolute atomic E-state index is 0.102. The largest absolute Gasteiger partial charge is 0.478 e. The second-order valence-electron chi connectivity index (χ2n) is 3.95. The molecule has 0 saturated carbocycles. The summed E-state index contributed by atoms with van der Waals surface area (Å²) in [5.41, 5.74) is -4.17. The number of halogens is 4. The van der Waals surface area contributed by atoms with Gasteiger partial charge in [-0.1, -0.05) is 28.1 Å². The van der Waals surface area contributed by atoms with Crippen molar-refractivity contribution in [3.63, 3.8) is 0 Å². The van der Waals surface area contributed by atoms with Gasteiger partial charge >= 0.3 is 11.5 Å². The van der Waals surface area contributed by atoms with E-state index in [1.165, 1.54) is 25.1 Å². The number of rotatable bonds is 5. The molecule has 0 aliphatic heterocycles. The lowest BCUT2D eigenvalue weighted by Crippen LogP contribution is -2.08. The Bertz CT molecular complexity index is 585. The highest BCUT2D eigenvalue weighted by molar-refractivity contribution is 9.09. The third-order valence-corrected chi connectivity index (χ3v) is 4.25. The van der Waals surface area contributed by atoms with E-state index in [-0.39, 0.29) is 33.6 Å². The lowest BCUT2D eigenvalue weighted by Gasteiger charge is -2.16. The van der Waals surface area contributed by atoms with Crippen LogP contribution in [0.15, 0.2) is 29.2 Å². The van der Waals surface area contributed by atoms with Crippen LogP contribution in [-0.4, -0.2) is 22.4 Å². The number of aliphatic carboxylic acids is 1. The first-order chi connectivity index (χ1) is 9.61. The number of benzene rings is 1. The molecule has 0 fully saturated rings. The van der Waals surface area contributed by atoms with Crippen molar-refractivity contribution in [3.8, 4) is 0 Å². The van der Waals surface area contributed by atoms with Gasteiger partial charge in [0.1, 0.15) is 5.78 Å². The van der Waals surface area contributed by atoms with Crippen LogP contribution in [0.3, 0.4) is 0 Å². The minimum Gasteiger partial charge on any atom is -0.478 e. The first kappa shape index (κ1) is 17.8. The lowest BCUT2D eigenvalue weighted by molar-refractivity contribution is -0.131. The molecule has 1 unspecified atom stereocenters. The van der Waals surface area contributed by atoms with E-state index in [4.69, 9.17) is 5.11 Å². The molecule has 0 spiro atoms. The number of carbonyl (C=O) groups excluding carboxylic acids is 1. The van der Waals surface area contributed by atoms with Gasteiger partial charge in [0, 0.05) is 11.0 Å². The minimum atomic E-state index is -4.51. The van der Waals surface area contributed by atoms with Gasteiger partial charge in [-0.05, 0) is 42.0 Å². The summed E-state index contributed by atoms with van der Waals surface area (Å²) < 4.78 is 37.7. The topological polar surface area (TPSA) is 54.4 Å². The number of carbonyl (C=O) groups is 2. The van der Waals surface area contributed by atoms with Crippen molar-refractivity contribution < 1.29 is 27.9 Å². The summed E-state index contributed by atoms with van der Waals surface area (Å²) in [6.07, 6.45) is 1.97. The Balaban J connectivity index is 3.40. The zero-order valence-electron chi connectivity index (χ0n) is 10.6. The Morgan fingerprint density at radius 1 is 1.38 bits per heavy atom. The average molecular weight is 383 g/mol. The number of Topliss-reactive ketones (excluding diaryl/α,β-unsaturated/α-hetero) is 1. The Morgan fingerprint density at radius 3 is 2.48 bits per heavy atom. The third-order valence-electron chi connectivity index (χ3n) is 2.34. The van der Waals surface area contributed by atoms with Crippen LogP contribution in [0, 0.1) is 0 Å². The molecule has 8 heteroatoms. The van der Waals surface area contributed by atoms with Gasteiger partial charge in [0.05, 0.1) is 4.83 Å². The van der Waals surface area contributed by atoms with E-state index in [1.807, 2.05) is 0 Å². The van der Waals surface area contributed by atoms with E-state index < -0.39 is 16.3 Å². The van der Waals surface area contributed by atoms with E-state index in [1.54, 1.807) is 0 Å². The maximum absolute atomic E-state index is 12.6. The fourth-order valence-electron chi connectivity index (χ4n) is 1.56. The van der Waals surface area contributed by atoms with Crippen molar-refractivity contribution in [3.05, 3.63) is 35.4 Å². The first-order valence-electron chi connectivity index (χ1n) is 5.56. The number of carboxylic acids is 1. The summed E-state index contributed by atoms with van der Waals surface area (Å²) in [6.45, 7) is 1.24. The van der Waals surface area contributed by atoms with Crippen molar-refractivity contribution in [2.75, 3.05) is 0 Å². The molecule has 0 saturated heterocycles. The quantitative estimate of drug-likeness (QED) is 0.465. The zero-order valence-corrected chi connectivity index (χ0v) is 13.1. The van der Waals surface area contributed by atoms with Gasteiger partial charge in [0.2, 0.25) is 0 Å². The van der Waals surface area contributed by atoms with Crippen LogP contribution < -0.4 is 0 Å². The van der Waals surface area contributed by atoms with Gasteiger partial charge in [-0.25, -0.2) is 4.79 Å². The number of thioether (sulfide) groups is 1. The molecular weight excluding hydrogens is 373 g/mol. The number of carboxylic acid groups (broad SMARTS) is 1. The number of ketones is 1. The van der Waals surface area contributed by atoms with Crippen molar-refractivity contribution >= 4 is 45.5 Å². The van der Waals surface area contributed by atoms with Crippen molar-refractivity contribution in [2.24, 2.45) is 0 Å². The molecule has 1 aromatic carbocycles. The molecule has 0 radical (unpaired) electrons. The number of hydrogen-bond donors (Lipinski definition) is 1. The van der Waals surface area contributed by atoms with Gasteiger partial charge in [-0.15, -0.1) is 0 Å². The molecule has 3 nitrogen and oxygen atoms in total. The maximum atomic E-state index is 12.6. The third kappa shape index (κ3) is 5.55. The zero-order chi connectivity index (χ0) is 16.2. The standard InChI is InChI=1S/C13H10BrF3O3S/c1-7(18)12(14)11-8(5-6-10(19)20)3-2-4-9(11)21-13(15,16)17/h2-6,12H,1H3,(H,19,20). The van der Waals surface area contributed by atoms with Crippen LogP contribution in [0.5, 0.6) is 0 Å². The molecule has 0 heterocycles. The summed E-state index contributed by atoms with van der Waals surface area (Å²) in [5, 5.41) is 8.62. The molecule has 0 aliphatic carbocycles. The van der Waals surface area contributed by atoms with Crippen LogP contribution in [0.2, 0.25) is 0 Å². The molecule has 114 valence electrons. The van der Waals surface area contributed by atoms with E-state index >= 15 is 0 Å². The molecule has 1 N–H and O–H groups in total. The van der Waals surface area contributed by atoms with Crippen LogP contribution in [0.1, 0.15) is 22.9 Å². The predicted molar refractivity (Wildman–Crippen MR) is 77.4 cm³/mol. The monoisotopic (exact) mass is 382 g/mol. The highest BCUT2D eigenvalue weighted by Crippen LogP contribution is 2.43. The average Bonchev–Trinajstić information content (AvgIpc) is 2.33. The second-order valence-corrected chi connectivity index (χ2v) is 5.97. The first-order valence-corrected chi connectivity index (χ1v) is 7.29. The van der Waals surface area contributed by atoms with Gasteiger partial charge in [0.25, 0.3) is 0 Å². The van der Waals surface area contributed by atoms with Gasteiger partial charge in [-0.3, -0.25) is 4.79 Å². The molecular formula is C13H10BrF3O3S. The molecule has 1 aromatic rings.